The standard InChI is InChI=1S/C12H13NO3/c1-14-10-8-6-4-5-7-9(8)13-12(16-3)11(10)15-2/h4-7H,1-3H3. The number of nitrogens with zero attached hydrogens (tertiary/aromatic N) is 1. The van der Waals surface area contributed by atoms with E-state index in [9.17, 15) is 0 Å². The maximum Gasteiger partial charge on any atom is 0.261 e. The minimum atomic E-state index is 0.429. The van der Waals surface area contributed by atoms with Crippen LogP contribution in [0.2, 0.25) is 0 Å². The van der Waals surface area contributed by atoms with Gasteiger partial charge in [0.25, 0.3) is 5.88 Å². The molecule has 1 aromatic heterocycles. The molecule has 0 unspecified atom stereocenters. The molecule has 2 aromatic rings. The van der Waals surface area contributed by atoms with Gasteiger partial charge in [-0.3, -0.25) is 0 Å². The molecule has 4 nitrogen and oxygen atoms in total. The second-order valence-corrected chi connectivity index (χ2v) is 3.20. The Bertz CT molecular complexity index is 511. The highest BCUT2D eigenvalue weighted by atomic mass is 16.5. The van der Waals surface area contributed by atoms with Gasteiger partial charge in [0.15, 0.2) is 5.75 Å². The number of fused-ring (bicyclic) bond motifs is 1. The molecule has 84 valence electrons. The molecule has 0 bridgehead atoms. The third kappa shape index (κ3) is 1.52. The van der Waals surface area contributed by atoms with Gasteiger partial charge < -0.3 is 14.2 Å². The Morgan fingerprint density at radius 1 is 0.875 bits per heavy atom. The minimum absolute atomic E-state index is 0.429. The molecule has 16 heavy (non-hydrogen) atoms. The molecule has 0 radical (unpaired) electrons. The van der Waals surface area contributed by atoms with Gasteiger partial charge in [0.1, 0.15) is 0 Å². The number of para-hydroxylation sites is 1. The second-order valence-electron chi connectivity index (χ2n) is 3.20. The van der Waals surface area contributed by atoms with Crippen LogP contribution in [0.15, 0.2) is 24.3 Å². The van der Waals surface area contributed by atoms with Crippen LogP contribution in [-0.2, 0) is 0 Å². The number of aromatic nitrogens is 1. The first kappa shape index (κ1) is 10.5. The fourth-order valence-corrected chi connectivity index (χ4v) is 1.66. The van der Waals surface area contributed by atoms with E-state index in [4.69, 9.17) is 14.2 Å². The minimum Gasteiger partial charge on any atom is -0.492 e. The van der Waals surface area contributed by atoms with Crippen molar-refractivity contribution in [2.45, 2.75) is 0 Å². The molecule has 0 aliphatic heterocycles. The molecule has 0 atom stereocenters. The zero-order valence-electron chi connectivity index (χ0n) is 9.48. The molecule has 0 amide bonds. The maximum atomic E-state index is 5.35. The van der Waals surface area contributed by atoms with Gasteiger partial charge in [-0.1, -0.05) is 12.1 Å². The van der Waals surface area contributed by atoms with Crippen LogP contribution in [-0.4, -0.2) is 26.3 Å². The number of pyridine rings is 1. The molecule has 1 heterocycles. The van der Waals surface area contributed by atoms with Crippen molar-refractivity contribution in [2.75, 3.05) is 21.3 Å². The van der Waals surface area contributed by atoms with Crippen LogP contribution in [0.4, 0.5) is 0 Å². The summed E-state index contributed by atoms with van der Waals surface area (Å²) in [6.07, 6.45) is 0. The SMILES string of the molecule is COc1nc2ccccc2c(OC)c1OC. The summed E-state index contributed by atoms with van der Waals surface area (Å²) in [5.41, 5.74) is 0.817. The van der Waals surface area contributed by atoms with Crippen molar-refractivity contribution in [2.24, 2.45) is 0 Å². The number of hydrogen-bond donors (Lipinski definition) is 0. The summed E-state index contributed by atoms with van der Waals surface area (Å²) < 4.78 is 15.8. The smallest absolute Gasteiger partial charge is 0.261 e. The normalized spacial score (nSPS) is 10.2. The first-order chi connectivity index (χ1) is 7.81. The lowest BCUT2D eigenvalue weighted by Crippen LogP contribution is -1.98. The highest BCUT2D eigenvalue weighted by Crippen LogP contribution is 2.40. The first-order valence-corrected chi connectivity index (χ1v) is 4.86. The summed E-state index contributed by atoms with van der Waals surface area (Å²) in [7, 11) is 4.72. The highest BCUT2D eigenvalue weighted by molar-refractivity contribution is 5.88. The van der Waals surface area contributed by atoms with Crippen molar-refractivity contribution >= 4 is 10.9 Å². The van der Waals surface area contributed by atoms with Crippen molar-refractivity contribution in [3.63, 3.8) is 0 Å². The molecule has 0 saturated heterocycles. The number of rotatable bonds is 3. The third-order valence-electron chi connectivity index (χ3n) is 2.37. The van der Waals surface area contributed by atoms with Crippen LogP contribution in [0.25, 0.3) is 10.9 Å². The molecule has 1 aromatic carbocycles. The van der Waals surface area contributed by atoms with Gasteiger partial charge in [-0.05, 0) is 12.1 Å². The molecule has 4 heteroatoms. The Hall–Kier alpha value is -1.97. The van der Waals surface area contributed by atoms with Crippen molar-refractivity contribution in [1.82, 2.24) is 4.98 Å². The maximum absolute atomic E-state index is 5.35. The van der Waals surface area contributed by atoms with Crippen molar-refractivity contribution in [3.05, 3.63) is 24.3 Å². The molecule has 0 N–H and O–H groups in total. The van der Waals surface area contributed by atoms with Gasteiger partial charge in [-0.25, -0.2) is 4.98 Å². The molecule has 0 saturated carbocycles. The summed E-state index contributed by atoms with van der Waals surface area (Å²) in [6, 6.07) is 7.68. The van der Waals surface area contributed by atoms with Gasteiger partial charge in [0.2, 0.25) is 5.75 Å². The van der Waals surface area contributed by atoms with Crippen molar-refractivity contribution < 1.29 is 14.2 Å². The van der Waals surface area contributed by atoms with Crippen LogP contribution < -0.4 is 14.2 Å². The predicted octanol–water partition coefficient (Wildman–Crippen LogP) is 2.26. The average Bonchev–Trinajstić information content (AvgIpc) is 2.36. The van der Waals surface area contributed by atoms with E-state index in [1.165, 1.54) is 0 Å². The molecule has 0 aliphatic carbocycles. The lowest BCUT2D eigenvalue weighted by atomic mass is 10.2. The lowest BCUT2D eigenvalue weighted by Gasteiger charge is -2.13. The highest BCUT2D eigenvalue weighted by Gasteiger charge is 2.16. The Balaban J connectivity index is 2.82. The van der Waals surface area contributed by atoms with Crippen LogP contribution in [0.5, 0.6) is 17.4 Å². The number of methoxy groups -OCH3 is 3. The number of ether oxygens (including phenoxy) is 3. The van der Waals surface area contributed by atoms with E-state index in [2.05, 4.69) is 4.98 Å². The second kappa shape index (κ2) is 4.26. The van der Waals surface area contributed by atoms with E-state index in [0.717, 1.165) is 10.9 Å². The number of hydrogen-bond acceptors (Lipinski definition) is 4. The zero-order valence-corrected chi connectivity index (χ0v) is 9.48. The van der Waals surface area contributed by atoms with Crippen molar-refractivity contribution in [1.29, 1.82) is 0 Å². The van der Waals surface area contributed by atoms with E-state index in [-0.39, 0.29) is 0 Å². The quantitative estimate of drug-likeness (QED) is 0.794. The first-order valence-electron chi connectivity index (χ1n) is 4.86. The molecular weight excluding hydrogens is 206 g/mol. The molecule has 0 fully saturated rings. The molecular formula is C12H13NO3. The summed E-state index contributed by atoms with van der Waals surface area (Å²) in [5, 5.41) is 0.905. The van der Waals surface area contributed by atoms with Gasteiger partial charge in [0.05, 0.1) is 26.8 Å². The Morgan fingerprint density at radius 3 is 2.19 bits per heavy atom. The topological polar surface area (TPSA) is 40.6 Å². The van der Waals surface area contributed by atoms with E-state index in [1.54, 1.807) is 21.3 Å². The van der Waals surface area contributed by atoms with Crippen molar-refractivity contribution in [3.8, 4) is 17.4 Å². The van der Waals surface area contributed by atoms with Crippen LogP contribution in [0.3, 0.4) is 0 Å². The Morgan fingerprint density at radius 2 is 1.56 bits per heavy atom. The van der Waals surface area contributed by atoms with Crippen LogP contribution in [0.1, 0.15) is 0 Å². The summed E-state index contributed by atoms with van der Waals surface area (Å²) in [6.45, 7) is 0. The van der Waals surface area contributed by atoms with E-state index in [1.807, 2.05) is 24.3 Å². The van der Waals surface area contributed by atoms with Gasteiger partial charge in [-0.2, -0.15) is 0 Å². The van der Waals surface area contributed by atoms with Crippen LogP contribution in [0, 0.1) is 0 Å². The van der Waals surface area contributed by atoms with Gasteiger partial charge in [-0.15, -0.1) is 0 Å². The summed E-state index contributed by atoms with van der Waals surface area (Å²) >= 11 is 0. The molecule has 0 aliphatic rings. The fraction of sp³-hybridized carbons (Fsp3) is 0.250. The Labute approximate surface area is 93.8 Å². The zero-order chi connectivity index (χ0) is 11.5. The van der Waals surface area contributed by atoms with Crippen LogP contribution >= 0.6 is 0 Å². The lowest BCUT2D eigenvalue weighted by molar-refractivity contribution is 0.319. The fourth-order valence-electron chi connectivity index (χ4n) is 1.66. The Kier molecular flexibility index (Phi) is 2.81. The monoisotopic (exact) mass is 219 g/mol. The summed E-state index contributed by atoms with van der Waals surface area (Å²) in [5.74, 6) is 1.59. The van der Waals surface area contributed by atoms with Gasteiger partial charge >= 0.3 is 0 Å². The largest absolute Gasteiger partial charge is 0.492 e. The van der Waals surface area contributed by atoms with E-state index >= 15 is 0 Å². The predicted molar refractivity (Wildman–Crippen MR) is 61.4 cm³/mol. The number of benzene rings is 1. The van der Waals surface area contributed by atoms with Gasteiger partial charge in [0, 0.05) is 5.39 Å². The summed E-state index contributed by atoms with van der Waals surface area (Å²) in [4.78, 5) is 4.35. The van der Waals surface area contributed by atoms with E-state index in [0.29, 0.717) is 17.4 Å². The third-order valence-corrected chi connectivity index (χ3v) is 2.37. The molecule has 2 rings (SSSR count). The average molecular weight is 219 g/mol. The molecule has 0 spiro atoms. The van der Waals surface area contributed by atoms with E-state index < -0.39 is 0 Å².